The van der Waals surface area contributed by atoms with Gasteiger partial charge in [0, 0.05) is 16.8 Å². The standard InChI is InChI=1S/C23H13ClFN3O7/c24-13-2-5-15(6-3-13)27-21(30)16-7-1-12(9-17(16)22(27)31)23(32)35-11-20(29)26-14-4-8-18(25)19(10-14)28(33)34/h1-10H,11H2,(H,26,29). The first-order chi connectivity index (χ1) is 16.7. The van der Waals surface area contributed by atoms with Crippen LogP contribution in [0.1, 0.15) is 31.1 Å². The van der Waals surface area contributed by atoms with Crippen LogP contribution in [0.25, 0.3) is 0 Å². The third kappa shape index (κ3) is 4.70. The number of nitrogens with zero attached hydrogens (tertiary/aromatic N) is 2. The Balaban J connectivity index is 1.43. The Kier molecular flexibility index (Phi) is 6.26. The van der Waals surface area contributed by atoms with Crippen molar-refractivity contribution in [3.63, 3.8) is 0 Å². The highest BCUT2D eigenvalue weighted by Crippen LogP contribution is 2.30. The van der Waals surface area contributed by atoms with Crippen LogP contribution in [0.4, 0.5) is 21.5 Å². The second-order valence-electron chi connectivity index (χ2n) is 7.23. The van der Waals surface area contributed by atoms with Crippen molar-refractivity contribution in [1.29, 1.82) is 0 Å². The van der Waals surface area contributed by atoms with Crippen LogP contribution in [0.2, 0.25) is 5.02 Å². The molecule has 1 aliphatic heterocycles. The Morgan fingerprint density at radius 1 is 1.00 bits per heavy atom. The molecule has 3 aromatic carbocycles. The first-order valence-corrected chi connectivity index (χ1v) is 10.2. The lowest BCUT2D eigenvalue weighted by Crippen LogP contribution is -2.29. The van der Waals surface area contributed by atoms with Gasteiger partial charge in [-0.15, -0.1) is 0 Å². The van der Waals surface area contributed by atoms with Crippen LogP contribution < -0.4 is 10.2 Å². The maximum Gasteiger partial charge on any atom is 0.338 e. The van der Waals surface area contributed by atoms with E-state index in [0.717, 1.165) is 23.1 Å². The summed E-state index contributed by atoms with van der Waals surface area (Å²) in [5.74, 6) is -4.06. The number of benzene rings is 3. The molecular weight excluding hydrogens is 485 g/mol. The van der Waals surface area contributed by atoms with Gasteiger partial charge in [0.25, 0.3) is 17.7 Å². The van der Waals surface area contributed by atoms with E-state index < -0.39 is 46.7 Å². The molecule has 0 aliphatic carbocycles. The Hall–Kier alpha value is -4.64. The number of anilines is 2. The number of imide groups is 1. The summed E-state index contributed by atoms with van der Waals surface area (Å²) in [6.45, 7) is -0.759. The fraction of sp³-hybridized carbons (Fsp3) is 0.0435. The minimum absolute atomic E-state index is 0.0116. The molecule has 0 radical (unpaired) electrons. The molecule has 0 fully saturated rings. The third-order valence-corrected chi connectivity index (χ3v) is 5.22. The molecule has 0 saturated heterocycles. The maximum atomic E-state index is 13.4. The second kappa shape index (κ2) is 9.31. The van der Waals surface area contributed by atoms with Crippen molar-refractivity contribution >= 4 is 52.4 Å². The molecule has 0 spiro atoms. The van der Waals surface area contributed by atoms with E-state index >= 15 is 0 Å². The zero-order chi connectivity index (χ0) is 25.3. The molecule has 10 nitrogen and oxygen atoms in total. The van der Waals surface area contributed by atoms with Crippen molar-refractivity contribution in [1.82, 2.24) is 0 Å². The number of amides is 3. The van der Waals surface area contributed by atoms with E-state index in [1.807, 2.05) is 0 Å². The number of nitro benzene ring substituents is 1. The van der Waals surface area contributed by atoms with Gasteiger partial charge in [-0.25, -0.2) is 9.69 Å². The lowest BCUT2D eigenvalue weighted by atomic mass is 10.1. The summed E-state index contributed by atoms with van der Waals surface area (Å²) >= 11 is 5.85. The van der Waals surface area contributed by atoms with Gasteiger partial charge in [-0.05, 0) is 54.6 Å². The van der Waals surface area contributed by atoms with Gasteiger partial charge in [0.05, 0.1) is 27.3 Å². The number of halogens is 2. The van der Waals surface area contributed by atoms with Crippen LogP contribution in [-0.4, -0.2) is 35.2 Å². The normalized spacial score (nSPS) is 12.3. The average molecular weight is 498 g/mol. The van der Waals surface area contributed by atoms with Gasteiger partial charge < -0.3 is 10.1 Å². The maximum absolute atomic E-state index is 13.4. The zero-order valence-corrected chi connectivity index (χ0v) is 18.2. The number of hydrogen-bond acceptors (Lipinski definition) is 7. The van der Waals surface area contributed by atoms with Crippen molar-refractivity contribution in [3.8, 4) is 0 Å². The van der Waals surface area contributed by atoms with Gasteiger partial charge in [-0.1, -0.05) is 11.6 Å². The Labute approximate surface area is 201 Å². The third-order valence-electron chi connectivity index (χ3n) is 4.97. The average Bonchev–Trinajstić information content (AvgIpc) is 3.08. The molecule has 0 saturated carbocycles. The summed E-state index contributed by atoms with van der Waals surface area (Å²) in [5, 5.41) is 13.5. The van der Waals surface area contributed by atoms with Crippen LogP contribution in [0.5, 0.6) is 0 Å². The molecule has 35 heavy (non-hydrogen) atoms. The van der Waals surface area contributed by atoms with Crippen molar-refractivity contribution in [2.45, 2.75) is 0 Å². The molecule has 3 aromatic rings. The van der Waals surface area contributed by atoms with Gasteiger partial charge in [-0.3, -0.25) is 24.5 Å². The fourth-order valence-corrected chi connectivity index (χ4v) is 3.46. The molecule has 176 valence electrons. The number of ether oxygens (including phenoxy) is 1. The molecule has 1 heterocycles. The van der Waals surface area contributed by atoms with Crippen molar-refractivity contribution in [3.05, 3.63) is 98.3 Å². The largest absolute Gasteiger partial charge is 0.452 e. The molecule has 0 bridgehead atoms. The van der Waals surface area contributed by atoms with Gasteiger partial charge >= 0.3 is 11.7 Å². The number of fused-ring (bicyclic) bond motifs is 1. The van der Waals surface area contributed by atoms with Crippen LogP contribution in [-0.2, 0) is 9.53 Å². The predicted octanol–water partition coefficient (Wildman–Crippen LogP) is 3.98. The van der Waals surface area contributed by atoms with E-state index in [1.54, 1.807) is 0 Å². The van der Waals surface area contributed by atoms with Gasteiger partial charge in [0.2, 0.25) is 5.82 Å². The van der Waals surface area contributed by atoms with Crippen LogP contribution in [0.15, 0.2) is 60.7 Å². The second-order valence-corrected chi connectivity index (χ2v) is 7.67. The minimum atomic E-state index is -1.07. The molecule has 0 aromatic heterocycles. The first-order valence-electron chi connectivity index (χ1n) is 9.85. The number of esters is 1. The molecular formula is C23H13ClFN3O7. The quantitative estimate of drug-likeness (QED) is 0.235. The number of hydrogen-bond donors (Lipinski definition) is 1. The molecule has 0 atom stereocenters. The Bertz CT molecular complexity index is 1410. The number of carbonyl (C=O) groups is 4. The molecule has 1 N–H and O–H groups in total. The summed E-state index contributed by atoms with van der Waals surface area (Å²) in [7, 11) is 0. The van der Waals surface area contributed by atoms with E-state index in [4.69, 9.17) is 16.3 Å². The molecule has 3 amide bonds. The van der Waals surface area contributed by atoms with Crippen LogP contribution >= 0.6 is 11.6 Å². The summed E-state index contributed by atoms with van der Waals surface area (Å²) in [4.78, 5) is 60.8. The topological polar surface area (TPSA) is 136 Å². The highest BCUT2D eigenvalue weighted by molar-refractivity contribution is 6.35. The smallest absolute Gasteiger partial charge is 0.338 e. The SMILES string of the molecule is O=C(COC(=O)c1ccc2c(c1)C(=O)N(c1ccc(Cl)cc1)C2=O)Nc1ccc(F)c([N+](=O)[O-])c1. The van der Waals surface area contributed by atoms with Crippen molar-refractivity contribution < 1.29 is 33.2 Å². The Morgan fingerprint density at radius 3 is 2.37 bits per heavy atom. The highest BCUT2D eigenvalue weighted by Gasteiger charge is 2.37. The van der Waals surface area contributed by atoms with Gasteiger partial charge in [-0.2, -0.15) is 4.39 Å². The van der Waals surface area contributed by atoms with Gasteiger partial charge in [0.1, 0.15) is 0 Å². The Morgan fingerprint density at radius 2 is 1.69 bits per heavy atom. The van der Waals surface area contributed by atoms with Crippen LogP contribution in [0.3, 0.4) is 0 Å². The van der Waals surface area contributed by atoms with Gasteiger partial charge in [0.15, 0.2) is 6.61 Å². The highest BCUT2D eigenvalue weighted by atomic mass is 35.5. The number of nitro groups is 1. The zero-order valence-electron chi connectivity index (χ0n) is 17.5. The molecule has 0 unspecified atom stereocenters. The number of rotatable bonds is 6. The first kappa shape index (κ1) is 23.5. The summed E-state index contributed by atoms with van der Waals surface area (Å²) in [6, 6.07) is 12.6. The number of nitrogens with one attached hydrogen (secondary N) is 1. The van der Waals surface area contributed by atoms with E-state index in [9.17, 15) is 33.7 Å². The molecule has 1 aliphatic rings. The molecule has 4 rings (SSSR count). The van der Waals surface area contributed by atoms with E-state index in [-0.39, 0.29) is 22.4 Å². The summed E-state index contributed by atoms with van der Waals surface area (Å²) in [5.41, 5.74) is -0.581. The minimum Gasteiger partial charge on any atom is -0.452 e. The van der Waals surface area contributed by atoms with E-state index in [1.165, 1.54) is 42.5 Å². The molecule has 12 heteroatoms. The summed E-state index contributed by atoms with van der Waals surface area (Å²) in [6.07, 6.45) is 0. The monoisotopic (exact) mass is 497 g/mol. The fourth-order valence-electron chi connectivity index (χ4n) is 3.33. The van der Waals surface area contributed by atoms with E-state index in [2.05, 4.69) is 5.32 Å². The predicted molar refractivity (Wildman–Crippen MR) is 121 cm³/mol. The summed E-state index contributed by atoms with van der Waals surface area (Å²) < 4.78 is 18.3. The lowest BCUT2D eigenvalue weighted by Gasteiger charge is -2.13. The van der Waals surface area contributed by atoms with Crippen molar-refractivity contribution in [2.24, 2.45) is 0 Å². The van der Waals surface area contributed by atoms with E-state index in [0.29, 0.717) is 10.7 Å². The van der Waals surface area contributed by atoms with Crippen LogP contribution in [0, 0.1) is 15.9 Å². The number of carbonyl (C=O) groups excluding carboxylic acids is 4. The lowest BCUT2D eigenvalue weighted by molar-refractivity contribution is -0.387. The van der Waals surface area contributed by atoms with Crippen molar-refractivity contribution in [2.75, 3.05) is 16.8 Å².